The molecule has 0 saturated carbocycles. The number of carbonyl (C=O) groups excluding carboxylic acids is 2. The molecule has 5 nitrogen and oxygen atoms in total. The van der Waals surface area contributed by atoms with Crippen LogP contribution in [-0.2, 0) is 11.2 Å². The van der Waals surface area contributed by atoms with E-state index in [1.807, 2.05) is 30.3 Å². The Kier molecular flexibility index (Phi) is 7.32. The summed E-state index contributed by atoms with van der Waals surface area (Å²) in [5, 5.41) is 3.99. The van der Waals surface area contributed by atoms with E-state index in [-0.39, 0.29) is 12.3 Å². The predicted molar refractivity (Wildman–Crippen MR) is 119 cm³/mol. The van der Waals surface area contributed by atoms with Gasteiger partial charge in [-0.15, -0.1) is 0 Å². The average Bonchev–Trinajstić information content (AvgIpc) is 2.71. The van der Waals surface area contributed by atoms with Gasteiger partial charge in [-0.2, -0.15) is 5.10 Å². The first-order chi connectivity index (χ1) is 14.0. The fraction of sp³-hybridized carbons (Fsp3) is 0.0455. The van der Waals surface area contributed by atoms with E-state index in [4.69, 9.17) is 4.74 Å². The monoisotopic (exact) mass is 514 g/mol. The summed E-state index contributed by atoms with van der Waals surface area (Å²) in [4.78, 5) is 24.4. The number of ether oxygens (including phenoxy) is 1. The normalized spacial score (nSPS) is 10.7. The third kappa shape index (κ3) is 6.37. The Morgan fingerprint density at radius 3 is 2.34 bits per heavy atom. The van der Waals surface area contributed by atoms with Crippen molar-refractivity contribution in [3.63, 3.8) is 0 Å². The van der Waals surface area contributed by atoms with Crippen molar-refractivity contribution in [2.75, 3.05) is 0 Å². The van der Waals surface area contributed by atoms with Gasteiger partial charge in [0, 0.05) is 14.5 Å². The van der Waals surface area contributed by atoms with Crippen LogP contribution in [0, 0.1) is 0 Å². The Hall–Kier alpha value is -2.77. The van der Waals surface area contributed by atoms with Gasteiger partial charge < -0.3 is 4.74 Å². The quantitative estimate of drug-likeness (QED) is 0.214. The van der Waals surface area contributed by atoms with Gasteiger partial charge >= 0.3 is 5.97 Å². The van der Waals surface area contributed by atoms with Crippen molar-refractivity contribution in [2.45, 2.75) is 6.42 Å². The largest absolute Gasteiger partial charge is 0.422 e. The van der Waals surface area contributed by atoms with E-state index >= 15 is 0 Å². The number of nitrogens with zero attached hydrogens (tertiary/aromatic N) is 1. The molecule has 0 atom stereocenters. The molecule has 0 unspecified atom stereocenters. The molecule has 0 bridgehead atoms. The predicted octanol–water partition coefficient (Wildman–Crippen LogP) is 5.12. The molecule has 0 spiro atoms. The van der Waals surface area contributed by atoms with Crippen molar-refractivity contribution >= 4 is 50.0 Å². The van der Waals surface area contributed by atoms with Crippen molar-refractivity contribution < 1.29 is 14.3 Å². The Bertz CT molecular complexity index is 1040. The van der Waals surface area contributed by atoms with Crippen molar-refractivity contribution in [3.05, 3.63) is 98.4 Å². The maximum absolute atomic E-state index is 12.4. The highest BCUT2D eigenvalue weighted by Crippen LogP contribution is 2.23. The molecule has 0 aliphatic heterocycles. The number of carbonyl (C=O) groups is 2. The van der Waals surface area contributed by atoms with Crippen LogP contribution in [0.1, 0.15) is 21.5 Å². The van der Waals surface area contributed by atoms with Gasteiger partial charge in [-0.25, -0.2) is 10.2 Å². The SMILES string of the molecule is O=C(Cc1ccccc1)N/N=C/c1cc(Br)ccc1OC(=O)c1ccc(Br)cc1. The molecule has 3 aromatic carbocycles. The molecule has 3 rings (SSSR count). The molecule has 1 N–H and O–H groups in total. The zero-order valence-electron chi connectivity index (χ0n) is 15.1. The zero-order valence-corrected chi connectivity index (χ0v) is 18.3. The Morgan fingerprint density at radius 2 is 1.62 bits per heavy atom. The van der Waals surface area contributed by atoms with E-state index in [9.17, 15) is 9.59 Å². The van der Waals surface area contributed by atoms with Crippen LogP contribution in [0.15, 0.2) is 86.8 Å². The van der Waals surface area contributed by atoms with Crippen molar-refractivity contribution in [3.8, 4) is 5.75 Å². The van der Waals surface area contributed by atoms with Crippen LogP contribution in [0.25, 0.3) is 0 Å². The Labute approximate surface area is 185 Å². The number of hydrogen-bond donors (Lipinski definition) is 1. The molecule has 0 saturated heterocycles. The van der Waals surface area contributed by atoms with Crippen LogP contribution in [-0.4, -0.2) is 18.1 Å². The summed E-state index contributed by atoms with van der Waals surface area (Å²) in [5.74, 6) is -0.388. The highest BCUT2D eigenvalue weighted by Gasteiger charge is 2.11. The molecular formula is C22H16Br2N2O3. The molecule has 29 heavy (non-hydrogen) atoms. The molecule has 0 heterocycles. The van der Waals surface area contributed by atoms with E-state index < -0.39 is 5.97 Å². The summed E-state index contributed by atoms with van der Waals surface area (Å²) < 4.78 is 7.16. The summed E-state index contributed by atoms with van der Waals surface area (Å²) in [5.41, 5.74) is 4.35. The Morgan fingerprint density at radius 1 is 0.931 bits per heavy atom. The first kappa shape index (κ1) is 21.0. The maximum atomic E-state index is 12.4. The van der Waals surface area contributed by atoms with Gasteiger partial charge in [-0.3, -0.25) is 4.79 Å². The number of nitrogens with one attached hydrogen (secondary N) is 1. The van der Waals surface area contributed by atoms with Gasteiger partial charge in [0.25, 0.3) is 0 Å². The van der Waals surface area contributed by atoms with Crippen LogP contribution in [0.5, 0.6) is 5.75 Å². The highest BCUT2D eigenvalue weighted by molar-refractivity contribution is 9.10. The lowest BCUT2D eigenvalue weighted by molar-refractivity contribution is -0.120. The minimum atomic E-state index is -0.484. The number of hydrogen-bond acceptors (Lipinski definition) is 4. The second-order valence-electron chi connectivity index (χ2n) is 6.03. The van der Waals surface area contributed by atoms with Crippen molar-refractivity contribution in [1.82, 2.24) is 5.43 Å². The van der Waals surface area contributed by atoms with Crippen LogP contribution in [0.2, 0.25) is 0 Å². The van der Waals surface area contributed by atoms with Crippen LogP contribution >= 0.6 is 31.9 Å². The molecule has 7 heteroatoms. The number of halogens is 2. The van der Waals surface area contributed by atoms with Crippen LogP contribution in [0.3, 0.4) is 0 Å². The fourth-order valence-corrected chi connectivity index (χ4v) is 3.10. The molecule has 1 amide bonds. The van der Waals surface area contributed by atoms with E-state index in [2.05, 4.69) is 42.4 Å². The standard InChI is InChI=1S/C22H16Br2N2O3/c23-18-8-6-16(7-9-18)22(28)29-20-11-10-19(24)13-17(20)14-25-26-21(27)12-15-4-2-1-3-5-15/h1-11,13-14H,12H2,(H,26,27)/b25-14+. The van der Waals surface area contributed by atoms with Gasteiger partial charge in [0.1, 0.15) is 5.75 Å². The average molecular weight is 516 g/mol. The molecule has 0 aliphatic carbocycles. The Balaban J connectivity index is 1.68. The van der Waals surface area contributed by atoms with Gasteiger partial charge in [-0.05, 0) is 48.0 Å². The summed E-state index contributed by atoms with van der Waals surface area (Å²) >= 11 is 6.72. The number of benzene rings is 3. The number of esters is 1. The number of hydrazone groups is 1. The van der Waals surface area contributed by atoms with Gasteiger partial charge in [0.05, 0.1) is 18.2 Å². The lowest BCUT2D eigenvalue weighted by atomic mass is 10.1. The van der Waals surface area contributed by atoms with Crippen LogP contribution in [0.4, 0.5) is 0 Å². The molecular weight excluding hydrogens is 500 g/mol. The van der Waals surface area contributed by atoms with Crippen LogP contribution < -0.4 is 10.2 Å². The lowest BCUT2D eigenvalue weighted by Gasteiger charge is -2.08. The zero-order chi connectivity index (χ0) is 20.6. The lowest BCUT2D eigenvalue weighted by Crippen LogP contribution is -2.19. The van der Waals surface area contributed by atoms with E-state index in [0.29, 0.717) is 16.9 Å². The summed E-state index contributed by atoms with van der Waals surface area (Å²) in [6.07, 6.45) is 1.67. The second kappa shape index (κ2) is 10.1. The minimum Gasteiger partial charge on any atom is -0.422 e. The molecule has 146 valence electrons. The summed E-state index contributed by atoms with van der Waals surface area (Å²) in [6, 6.07) is 21.4. The van der Waals surface area contributed by atoms with Crippen molar-refractivity contribution in [2.24, 2.45) is 5.10 Å². The number of rotatable bonds is 6. The van der Waals surface area contributed by atoms with E-state index in [1.165, 1.54) is 6.21 Å². The molecule has 3 aromatic rings. The van der Waals surface area contributed by atoms with Gasteiger partial charge in [0.15, 0.2) is 0 Å². The second-order valence-corrected chi connectivity index (χ2v) is 7.87. The molecule has 0 aromatic heterocycles. The molecule has 0 aliphatic rings. The summed E-state index contributed by atoms with van der Waals surface area (Å²) in [6.45, 7) is 0. The third-order valence-electron chi connectivity index (χ3n) is 3.85. The first-order valence-electron chi connectivity index (χ1n) is 8.64. The highest BCUT2D eigenvalue weighted by atomic mass is 79.9. The first-order valence-corrected chi connectivity index (χ1v) is 10.2. The topological polar surface area (TPSA) is 67.8 Å². The fourth-order valence-electron chi connectivity index (χ4n) is 2.45. The van der Waals surface area contributed by atoms with E-state index in [0.717, 1.165) is 14.5 Å². The van der Waals surface area contributed by atoms with Gasteiger partial charge in [0.2, 0.25) is 5.91 Å². The van der Waals surface area contributed by atoms with Gasteiger partial charge in [-0.1, -0.05) is 62.2 Å². The maximum Gasteiger partial charge on any atom is 0.343 e. The minimum absolute atomic E-state index is 0.224. The van der Waals surface area contributed by atoms with Crippen molar-refractivity contribution in [1.29, 1.82) is 0 Å². The summed E-state index contributed by atoms with van der Waals surface area (Å²) in [7, 11) is 0. The number of amides is 1. The smallest absolute Gasteiger partial charge is 0.343 e. The molecule has 0 radical (unpaired) electrons. The van der Waals surface area contributed by atoms with E-state index in [1.54, 1.807) is 42.5 Å². The third-order valence-corrected chi connectivity index (χ3v) is 4.88. The molecule has 0 fully saturated rings.